The first-order valence-corrected chi connectivity index (χ1v) is 5.84. The summed E-state index contributed by atoms with van der Waals surface area (Å²) in [7, 11) is 0. The highest BCUT2D eigenvalue weighted by Crippen LogP contribution is 2.13. The van der Waals surface area contributed by atoms with Gasteiger partial charge in [-0.15, -0.1) is 0 Å². The van der Waals surface area contributed by atoms with Gasteiger partial charge in [-0.3, -0.25) is 4.79 Å². The highest BCUT2D eigenvalue weighted by atomic mass is 16.5. The van der Waals surface area contributed by atoms with Crippen LogP contribution in [0.3, 0.4) is 0 Å². The zero-order valence-corrected chi connectivity index (χ0v) is 10.7. The first-order chi connectivity index (χ1) is 8.54. The van der Waals surface area contributed by atoms with Gasteiger partial charge in [-0.05, 0) is 31.5 Å². The summed E-state index contributed by atoms with van der Waals surface area (Å²) in [5, 5.41) is 2.63. The second-order valence-electron chi connectivity index (χ2n) is 3.91. The number of anilines is 1. The number of hydrogen-bond acceptors (Lipinski definition) is 4. The Labute approximate surface area is 106 Å². The van der Waals surface area contributed by atoms with Crippen molar-refractivity contribution in [3.63, 3.8) is 0 Å². The van der Waals surface area contributed by atoms with Crippen LogP contribution < -0.4 is 11.1 Å². The molecule has 0 fully saturated rings. The molecule has 18 heavy (non-hydrogen) atoms. The van der Waals surface area contributed by atoms with Crippen molar-refractivity contribution in [2.75, 3.05) is 18.9 Å². The number of ether oxygens (including phenoxy) is 1. The van der Waals surface area contributed by atoms with E-state index in [0.29, 0.717) is 17.8 Å². The Hall–Kier alpha value is -2.04. The molecule has 0 saturated carbocycles. The van der Waals surface area contributed by atoms with Gasteiger partial charge in [-0.1, -0.05) is 6.07 Å². The Balaban J connectivity index is 2.45. The minimum atomic E-state index is -0.467. The van der Waals surface area contributed by atoms with Gasteiger partial charge < -0.3 is 15.8 Å². The summed E-state index contributed by atoms with van der Waals surface area (Å²) in [5.74, 6) is -0.597. The first-order valence-electron chi connectivity index (χ1n) is 5.84. The van der Waals surface area contributed by atoms with Gasteiger partial charge in [-0.2, -0.15) is 0 Å². The zero-order valence-electron chi connectivity index (χ0n) is 10.7. The fourth-order valence-electron chi connectivity index (χ4n) is 1.37. The SMILES string of the molecule is CCNC(=O)CCOC(=O)c1ccc(C)c(N)c1. The van der Waals surface area contributed by atoms with Crippen molar-refractivity contribution in [2.24, 2.45) is 0 Å². The van der Waals surface area contributed by atoms with Crippen LogP contribution in [0.4, 0.5) is 5.69 Å². The number of carbonyl (C=O) groups excluding carboxylic acids is 2. The van der Waals surface area contributed by atoms with Crippen molar-refractivity contribution in [1.82, 2.24) is 5.32 Å². The highest BCUT2D eigenvalue weighted by molar-refractivity contribution is 5.90. The molecule has 5 nitrogen and oxygen atoms in total. The average molecular weight is 250 g/mol. The lowest BCUT2D eigenvalue weighted by molar-refractivity contribution is -0.121. The molecule has 0 atom stereocenters. The van der Waals surface area contributed by atoms with Crippen LogP contribution in [0, 0.1) is 6.92 Å². The molecule has 98 valence electrons. The molecule has 0 aliphatic rings. The van der Waals surface area contributed by atoms with Crippen molar-refractivity contribution in [3.8, 4) is 0 Å². The zero-order chi connectivity index (χ0) is 13.5. The molecule has 0 spiro atoms. The molecule has 5 heteroatoms. The van der Waals surface area contributed by atoms with E-state index >= 15 is 0 Å². The van der Waals surface area contributed by atoms with Crippen molar-refractivity contribution < 1.29 is 14.3 Å². The highest BCUT2D eigenvalue weighted by Gasteiger charge is 2.09. The van der Waals surface area contributed by atoms with Crippen LogP contribution in [0.2, 0.25) is 0 Å². The third kappa shape index (κ3) is 4.08. The van der Waals surface area contributed by atoms with E-state index in [9.17, 15) is 9.59 Å². The van der Waals surface area contributed by atoms with Gasteiger partial charge >= 0.3 is 5.97 Å². The van der Waals surface area contributed by atoms with E-state index in [-0.39, 0.29) is 18.9 Å². The fraction of sp³-hybridized carbons (Fsp3) is 0.385. The average Bonchev–Trinajstić information content (AvgIpc) is 2.33. The van der Waals surface area contributed by atoms with E-state index in [4.69, 9.17) is 10.5 Å². The smallest absolute Gasteiger partial charge is 0.338 e. The molecule has 0 unspecified atom stereocenters. The second-order valence-corrected chi connectivity index (χ2v) is 3.91. The van der Waals surface area contributed by atoms with Crippen molar-refractivity contribution in [2.45, 2.75) is 20.3 Å². The summed E-state index contributed by atoms with van der Waals surface area (Å²) >= 11 is 0. The largest absolute Gasteiger partial charge is 0.462 e. The number of carbonyl (C=O) groups is 2. The number of nitrogen functional groups attached to an aromatic ring is 1. The van der Waals surface area contributed by atoms with Crippen molar-refractivity contribution in [1.29, 1.82) is 0 Å². The molecule has 1 rings (SSSR count). The number of esters is 1. The predicted molar refractivity (Wildman–Crippen MR) is 69.2 cm³/mol. The number of nitrogens with two attached hydrogens (primary N) is 1. The fourth-order valence-corrected chi connectivity index (χ4v) is 1.37. The lowest BCUT2D eigenvalue weighted by atomic mass is 10.1. The number of hydrogen-bond donors (Lipinski definition) is 2. The normalized spacial score (nSPS) is 9.89. The van der Waals surface area contributed by atoms with E-state index in [2.05, 4.69) is 5.32 Å². The Bertz CT molecular complexity index is 444. The lowest BCUT2D eigenvalue weighted by Gasteiger charge is -2.06. The maximum Gasteiger partial charge on any atom is 0.338 e. The number of amides is 1. The number of nitrogens with one attached hydrogen (secondary N) is 1. The van der Waals surface area contributed by atoms with Gasteiger partial charge in [0.25, 0.3) is 0 Å². The van der Waals surface area contributed by atoms with Crippen LogP contribution in [0.15, 0.2) is 18.2 Å². The summed E-state index contributed by atoms with van der Waals surface area (Å²) in [5.41, 5.74) is 7.56. The van der Waals surface area contributed by atoms with E-state index in [1.807, 2.05) is 13.8 Å². The van der Waals surface area contributed by atoms with Gasteiger partial charge in [-0.25, -0.2) is 4.79 Å². The Morgan fingerprint density at radius 1 is 1.39 bits per heavy atom. The van der Waals surface area contributed by atoms with Gasteiger partial charge in [0.1, 0.15) is 6.61 Å². The van der Waals surface area contributed by atoms with E-state index in [1.165, 1.54) is 0 Å². The van der Waals surface area contributed by atoms with Crippen LogP contribution in [-0.4, -0.2) is 25.0 Å². The Morgan fingerprint density at radius 3 is 2.72 bits per heavy atom. The summed E-state index contributed by atoms with van der Waals surface area (Å²) in [6.07, 6.45) is 0.168. The number of aryl methyl sites for hydroxylation is 1. The maximum absolute atomic E-state index is 11.6. The van der Waals surface area contributed by atoms with Gasteiger partial charge in [0.15, 0.2) is 0 Å². The summed E-state index contributed by atoms with van der Waals surface area (Å²) in [4.78, 5) is 22.8. The van der Waals surface area contributed by atoms with Crippen LogP contribution in [0.1, 0.15) is 29.3 Å². The maximum atomic E-state index is 11.6. The monoisotopic (exact) mass is 250 g/mol. The summed E-state index contributed by atoms with van der Waals surface area (Å²) in [6.45, 7) is 4.33. The first kappa shape index (κ1) is 14.0. The molecule has 0 bridgehead atoms. The van der Waals surface area contributed by atoms with E-state index < -0.39 is 5.97 Å². The molecule has 0 aromatic heterocycles. The number of benzene rings is 1. The summed E-state index contributed by atoms with van der Waals surface area (Å²) < 4.78 is 4.98. The van der Waals surface area contributed by atoms with Crippen LogP contribution in [0.25, 0.3) is 0 Å². The molecule has 1 aromatic carbocycles. The molecular formula is C13H18N2O3. The van der Waals surface area contributed by atoms with Crippen molar-refractivity contribution >= 4 is 17.6 Å². The second kappa shape index (κ2) is 6.64. The molecular weight excluding hydrogens is 232 g/mol. The van der Waals surface area contributed by atoms with Gasteiger partial charge in [0, 0.05) is 12.2 Å². The lowest BCUT2D eigenvalue weighted by Crippen LogP contribution is -2.24. The van der Waals surface area contributed by atoms with E-state index in [0.717, 1.165) is 5.56 Å². The Morgan fingerprint density at radius 2 is 2.11 bits per heavy atom. The summed E-state index contributed by atoms with van der Waals surface area (Å²) in [6, 6.07) is 4.99. The third-order valence-corrected chi connectivity index (χ3v) is 2.45. The van der Waals surface area contributed by atoms with E-state index in [1.54, 1.807) is 18.2 Å². The third-order valence-electron chi connectivity index (χ3n) is 2.45. The van der Waals surface area contributed by atoms with Crippen LogP contribution in [0.5, 0.6) is 0 Å². The molecule has 1 aromatic rings. The molecule has 0 saturated heterocycles. The molecule has 0 heterocycles. The molecule has 1 amide bonds. The van der Waals surface area contributed by atoms with Crippen LogP contribution in [-0.2, 0) is 9.53 Å². The minimum Gasteiger partial charge on any atom is -0.462 e. The number of rotatable bonds is 5. The topological polar surface area (TPSA) is 81.4 Å². The molecule has 3 N–H and O–H groups in total. The van der Waals surface area contributed by atoms with Gasteiger partial charge in [0.05, 0.1) is 12.0 Å². The van der Waals surface area contributed by atoms with Crippen molar-refractivity contribution in [3.05, 3.63) is 29.3 Å². The standard InChI is InChI=1S/C13H18N2O3/c1-3-15-12(16)6-7-18-13(17)10-5-4-9(2)11(14)8-10/h4-5,8H,3,6-7,14H2,1-2H3,(H,15,16). The predicted octanol–water partition coefficient (Wildman–Crippen LogP) is 1.26. The molecule has 0 aliphatic carbocycles. The van der Waals surface area contributed by atoms with Gasteiger partial charge in [0.2, 0.25) is 5.91 Å². The minimum absolute atomic E-state index is 0.0679. The Kier molecular flexibility index (Phi) is 5.17. The van der Waals surface area contributed by atoms with Crippen LogP contribution >= 0.6 is 0 Å². The molecule has 0 radical (unpaired) electrons. The quantitative estimate of drug-likeness (QED) is 0.609. The molecule has 0 aliphatic heterocycles.